The molecule has 0 N–H and O–H groups in total. The summed E-state index contributed by atoms with van der Waals surface area (Å²) in [4.78, 5) is 13.9. The van der Waals surface area contributed by atoms with Gasteiger partial charge in [0.05, 0.1) is 24.9 Å². The number of likely N-dealkylation sites (N-methyl/N-ethyl adjacent to an activating group) is 1. The van der Waals surface area contributed by atoms with E-state index in [0.29, 0.717) is 25.0 Å². The second-order valence-corrected chi connectivity index (χ2v) is 7.02. The predicted molar refractivity (Wildman–Crippen MR) is 88.1 cm³/mol. The van der Waals surface area contributed by atoms with Gasteiger partial charge >= 0.3 is 6.09 Å². The van der Waals surface area contributed by atoms with E-state index in [4.69, 9.17) is 14.2 Å². The fourth-order valence-electron chi connectivity index (χ4n) is 1.90. The van der Waals surface area contributed by atoms with Gasteiger partial charge in [0.1, 0.15) is 5.60 Å². The fraction of sp³-hybridized carbons (Fsp3) is 0.933. The van der Waals surface area contributed by atoms with Crippen LogP contribution in [0.25, 0.3) is 0 Å². The molecule has 0 bridgehead atoms. The molecule has 2 unspecified atom stereocenters. The molecular weight excluding hydrogens is 338 g/mol. The topological polar surface area (TPSA) is 48.0 Å². The summed E-state index contributed by atoms with van der Waals surface area (Å²) in [7, 11) is 1.64. The first-order chi connectivity index (χ1) is 9.56. The van der Waals surface area contributed by atoms with Crippen LogP contribution in [-0.2, 0) is 14.2 Å². The number of carbonyl (C=O) groups excluding carboxylic acids is 1. The number of nitrogens with zero attached hydrogens (tertiary/aromatic N) is 1. The van der Waals surface area contributed by atoms with E-state index >= 15 is 0 Å². The Hall–Kier alpha value is -0.330. The molecule has 6 heteroatoms. The van der Waals surface area contributed by atoms with Gasteiger partial charge in [0, 0.05) is 19.0 Å². The lowest BCUT2D eigenvalue weighted by atomic mass is 10.1. The maximum absolute atomic E-state index is 12.2. The summed E-state index contributed by atoms with van der Waals surface area (Å²) in [5, 5.41) is 0.618. The average molecular weight is 368 g/mol. The minimum Gasteiger partial charge on any atom is -0.444 e. The number of halogens is 1. The number of ether oxygens (including phenoxy) is 3. The molecule has 126 valence electrons. The Morgan fingerprint density at radius 1 is 1.29 bits per heavy atom. The Labute approximate surface area is 137 Å². The van der Waals surface area contributed by atoms with Gasteiger partial charge in [-0.1, -0.05) is 15.9 Å². The number of alkyl halides is 1. The van der Waals surface area contributed by atoms with Crippen molar-refractivity contribution >= 4 is 22.0 Å². The SMILES string of the molecule is CCN(CC(C)(CBr)OC(C)COC)C(=O)OC(C)(C)C. The molecule has 0 aromatic rings. The molecule has 0 aliphatic carbocycles. The van der Waals surface area contributed by atoms with Crippen LogP contribution >= 0.6 is 15.9 Å². The van der Waals surface area contributed by atoms with Crippen LogP contribution in [0.3, 0.4) is 0 Å². The average Bonchev–Trinajstić information content (AvgIpc) is 2.34. The molecular formula is C15H30BrNO4. The molecule has 0 spiro atoms. The lowest BCUT2D eigenvalue weighted by molar-refractivity contribution is -0.0967. The number of hydrogen-bond acceptors (Lipinski definition) is 4. The van der Waals surface area contributed by atoms with Crippen LogP contribution in [0, 0.1) is 0 Å². The van der Waals surface area contributed by atoms with E-state index in [1.165, 1.54) is 0 Å². The standard InChI is InChI=1S/C15H30BrNO4/c1-8-17(13(18)21-14(3,4)5)11-15(6,10-16)20-12(2)9-19-7/h12H,8-11H2,1-7H3. The largest absolute Gasteiger partial charge is 0.444 e. The molecule has 5 nitrogen and oxygen atoms in total. The van der Waals surface area contributed by atoms with Crippen molar-refractivity contribution in [3.63, 3.8) is 0 Å². The molecule has 0 saturated heterocycles. The minimum atomic E-state index is -0.500. The zero-order chi connectivity index (χ0) is 16.7. The van der Waals surface area contributed by atoms with Gasteiger partial charge in [-0.25, -0.2) is 4.79 Å². The van der Waals surface area contributed by atoms with Crippen LogP contribution in [0.1, 0.15) is 41.5 Å². The summed E-state index contributed by atoms with van der Waals surface area (Å²) in [6.45, 7) is 13.0. The summed E-state index contributed by atoms with van der Waals surface area (Å²) in [6, 6.07) is 0. The summed E-state index contributed by atoms with van der Waals surface area (Å²) in [6.07, 6.45) is -0.366. The minimum absolute atomic E-state index is 0.0464. The fourth-order valence-corrected chi connectivity index (χ4v) is 2.21. The van der Waals surface area contributed by atoms with Gasteiger partial charge in [0.25, 0.3) is 0 Å². The lowest BCUT2D eigenvalue weighted by Gasteiger charge is -2.36. The zero-order valence-electron chi connectivity index (χ0n) is 14.4. The van der Waals surface area contributed by atoms with Crippen molar-refractivity contribution in [3.8, 4) is 0 Å². The molecule has 0 aromatic heterocycles. The van der Waals surface area contributed by atoms with Crippen molar-refractivity contribution in [2.75, 3.05) is 32.1 Å². The number of carbonyl (C=O) groups is 1. The van der Waals surface area contributed by atoms with E-state index in [-0.39, 0.29) is 12.2 Å². The summed E-state index contributed by atoms with van der Waals surface area (Å²) >= 11 is 3.48. The van der Waals surface area contributed by atoms with Gasteiger partial charge in [0.15, 0.2) is 0 Å². The second-order valence-electron chi connectivity index (χ2n) is 6.46. The number of hydrogen-bond donors (Lipinski definition) is 0. The van der Waals surface area contributed by atoms with Crippen molar-refractivity contribution in [2.24, 2.45) is 0 Å². The van der Waals surface area contributed by atoms with Crippen LogP contribution in [0.15, 0.2) is 0 Å². The van der Waals surface area contributed by atoms with Crippen molar-refractivity contribution < 1.29 is 19.0 Å². The highest BCUT2D eigenvalue weighted by Crippen LogP contribution is 2.20. The van der Waals surface area contributed by atoms with E-state index in [9.17, 15) is 4.79 Å². The molecule has 0 aliphatic rings. The quantitative estimate of drug-likeness (QED) is 0.616. The monoisotopic (exact) mass is 367 g/mol. The molecule has 0 aliphatic heterocycles. The third kappa shape index (κ3) is 8.63. The number of rotatable bonds is 8. The highest BCUT2D eigenvalue weighted by atomic mass is 79.9. The molecule has 0 rings (SSSR count). The van der Waals surface area contributed by atoms with Crippen molar-refractivity contribution in [1.82, 2.24) is 4.90 Å². The first-order valence-electron chi connectivity index (χ1n) is 7.27. The smallest absolute Gasteiger partial charge is 0.410 e. The maximum Gasteiger partial charge on any atom is 0.410 e. The molecule has 0 heterocycles. The number of methoxy groups -OCH3 is 1. The van der Waals surface area contributed by atoms with Crippen LogP contribution in [-0.4, -0.2) is 60.4 Å². The van der Waals surface area contributed by atoms with Crippen molar-refractivity contribution in [3.05, 3.63) is 0 Å². The molecule has 1 amide bonds. The van der Waals surface area contributed by atoms with E-state index < -0.39 is 11.2 Å². The summed E-state index contributed by atoms with van der Waals surface area (Å²) in [5.74, 6) is 0. The Balaban J connectivity index is 4.77. The van der Waals surface area contributed by atoms with Gasteiger partial charge in [0.2, 0.25) is 0 Å². The van der Waals surface area contributed by atoms with Crippen molar-refractivity contribution in [2.45, 2.75) is 58.8 Å². The first kappa shape index (κ1) is 20.7. The summed E-state index contributed by atoms with van der Waals surface area (Å²) in [5.41, 5.74) is -0.996. The molecule has 0 aromatic carbocycles. The van der Waals surface area contributed by atoms with Crippen LogP contribution in [0.5, 0.6) is 0 Å². The molecule has 0 saturated carbocycles. The Morgan fingerprint density at radius 2 is 1.86 bits per heavy atom. The van der Waals surface area contributed by atoms with E-state index in [2.05, 4.69) is 15.9 Å². The molecule has 21 heavy (non-hydrogen) atoms. The number of amides is 1. The van der Waals surface area contributed by atoms with Gasteiger partial charge in [-0.05, 0) is 41.5 Å². The van der Waals surface area contributed by atoms with E-state index in [1.807, 2.05) is 41.5 Å². The zero-order valence-corrected chi connectivity index (χ0v) is 15.9. The van der Waals surface area contributed by atoms with E-state index in [1.54, 1.807) is 12.0 Å². The van der Waals surface area contributed by atoms with Gasteiger partial charge < -0.3 is 19.1 Å². The molecule has 0 radical (unpaired) electrons. The highest BCUT2D eigenvalue weighted by molar-refractivity contribution is 9.09. The third-order valence-corrected chi connectivity index (χ3v) is 3.91. The highest BCUT2D eigenvalue weighted by Gasteiger charge is 2.32. The molecule has 2 atom stereocenters. The lowest BCUT2D eigenvalue weighted by Crippen LogP contribution is -2.49. The van der Waals surface area contributed by atoms with E-state index in [0.717, 1.165) is 0 Å². The van der Waals surface area contributed by atoms with Gasteiger partial charge in [-0.2, -0.15) is 0 Å². The first-order valence-corrected chi connectivity index (χ1v) is 8.39. The van der Waals surface area contributed by atoms with Gasteiger partial charge in [-0.15, -0.1) is 0 Å². The van der Waals surface area contributed by atoms with Gasteiger partial charge in [-0.3, -0.25) is 0 Å². The van der Waals surface area contributed by atoms with Crippen molar-refractivity contribution in [1.29, 1.82) is 0 Å². The van der Waals surface area contributed by atoms with Crippen LogP contribution in [0.4, 0.5) is 4.79 Å². The third-order valence-electron chi connectivity index (χ3n) is 2.73. The Kier molecular flexibility index (Phi) is 8.81. The molecule has 0 fully saturated rings. The van der Waals surface area contributed by atoms with Crippen LogP contribution in [0.2, 0.25) is 0 Å². The van der Waals surface area contributed by atoms with Crippen LogP contribution < -0.4 is 0 Å². The Morgan fingerprint density at radius 3 is 2.24 bits per heavy atom. The maximum atomic E-state index is 12.2. The normalized spacial score (nSPS) is 16.2. The summed E-state index contributed by atoms with van der Waals surface area (Å²) < 4.78 is 16.5. The Bertz CT molecular complexity index is 319. The predicted octanol–water partition coefficient (Wildman–Crippen LogP) is 3.45. The second kappa shape index (κ2) is 8.96.